The zero-order valence-electron chi connectivity index (χ0n) is 28.1. The maximum absolute atomic E-state index is 13.8. The van der Waals surface area contributed by atoms with E-state index in [9.17, 15) is 27.9 Å². The molecular formula is C34H51N5O7S. The highest BCUT2D eigenvalue weighted by atomic mass is 32.2. The molecule has 3 atom stereocenters. The van der Waals surface area contributed by atoms with Crippen LogP contribution >= 0.6 is 0 Å². The summed E-state index contributed by atoms with van der Waals surface area (Å²) in [4.78, 5) is 38.9. The predicted molar refractivity (Wildman–Crippen MR) is 181 cm³/mol. The zero-order valence-corrected chi connectivity index (χ0v) is 28.9. The Bertz CT molecular complexity index is 1420. The van der Waals surface area contributed by atoms with Crippen molar-refractivity contribution < 1.29 is 32.6 Å². The summed E-state index contributed by atoms with van der Waals surface area (Å²) in [6.07, 6.45) is 1.63. The molecule has 2 aromatic carbocycles. The lowest BCUT2D eigenvalue weighted by Crippen LogP contribution is -2.59. The number of sulfonamides is 1. The van der Waals surface area contributed by atoms with Gasteiger partial charge in [-0.05, 0) is 73.3 Å². The number of amides is 3. The van der Waals surface area contributed by atoms with Gasteiger partial charge in [0.1, 0.15) is 18.7 Å². The molecule has 260 valence electrons. The molecule has 3 amide bonds. The zero-order chi connectivity index (χ0) is 34.8. The fourth-order valence-corrected chi connectivity index (χ4v) is 7.08. The van der Waals surface area contributed by atoms with Gasteiger partial charge >= 0.3 is 6.09 Å². The van der Waals surface area contributed by atoms with Crippen LogP contribution in [0.25, 0.3) is 0 Å². The van der Waals surface area contributed by atoms with E-state index in [0.29, 0.717) is 5.69 Å². The number of carbonyl (C=O) groups is 3. The number of hydrogen-bond donors (Lipinski definition) is 5. The van der Waals surface area contributed by atoms with Crippen molar-refractivity contribution in [2.75, 3.05) is 25.4 Å². The van der Waals surface area contributed by atoms with Gasteiger partial charge in [0.2, 0.25) is 21.8 Å². The summed E-state index contributed by atoms with van der Waals surface area (Å²) in [7, 11) is -4.02. The van der Waals surface area contributed by atoms with Crippen LogP contribution in [0.5, 0.6) is 0 Å². The average Bonchev–Trinajstić information content (AvgIpc) is 3.51. The summed E-state index contributed by atoms with van der Waals surface area (Å²) in [6.45, 7) is 8.56. The van der Waals surface area contributed by atoms with Gasteiger partial charge < -0.3 is 31.5 Å². The highest BCUT2D eigenvalue weighted by Gasteiger charge is 2.37. The van der Waals surface area contributed by atoms with Crippen LogP contribution < -0.4 is 21.7 Å². The van der Waals surface area contributed by atoms with Crippen molar-refractivity contribution in [3.63, 3.8) is 0 Å². The first-order valence-electron chi connectivity index (χ1n) is 16.2. The first-order valence-corrected chi connectivity index (χ1v) is 17.6. The molecule has 1 saturated carbocycles. The van der Waals surface area contributed by atoms with Crippen molar-refractivity contribution in [1.29, 1.82) is 0 Å². The number of nitrogen functional groups attached to an aromatic ring is 1. The third-order valence-corrected chi connectivity index (χ3v) is 9.82. The Kier molecular flexibility index (Phi) is 13.6. The van der Waals surface area contributed by atoms with Gasteiger partial charge in [-0.15, -0.1) is 0 Å². The molecule has 0 heterocycles. The Morgan fingerprint density at radius 1 is 0.979 bits per heavy atom. The molecule has 1 aliphatic carbocycles. The minimum Gasteiger partial charge on any atom is -0.446 e. The number of rotatable bonds is 15. The molecule has 3 rings (SSSR count). The van der Waals surface area contributed by atoms with E-state index in [1.807, 2.05) is 44.2 Å². The molecule has 6 N–H and O–H groups in total. The van der Waals surface area contributed by atoms with Crippen LogP contribution in [0.15, 0.2) is 59.5 Å². The lowest BCUT2D eigenvalue weighted by atomic mass is 9.85. The van der Waals surface area contributed by atoms with Gasteiger partial charge in [-0.2, -0.15) is 4.31 Å². The topological polar surface area (TPSA) is 180 Å². The normalized spacial score (nSPS) is 16.0. The molecule has 0 saturated heterocycles. The van der Waals surface area contributed by atoms with Gasteiger partial charge in [0.05, 0.1) is 17.0 Å². The van der Waals surface area contributed by atoms with Crippen LogP contribution in [0.4, 0.5) is 10.5 Å². The Labute approximate surface area is 278 Å². The van der Waals surface area contributed by atoms with Crippen molar-refractivity contribution >= 4 is 33.6 Å². The van der Waals surface area contributed by atoms with Gasteiger partial charge in [0, 0.05) is 18.8 Å². The van der Waals surface area contributed by atoms with Gasteiger partial charge in [-0.25, -0.2) is 13.2 Å². The summed E-state index contributed by atoms with van der Waals surface area (Å²) in [5.74, 6) is -1.20. The highest BCUT2D eigenvalue weighted by molar-refractivity contribution is 7.89. The standard InChI is InChI=1S/C34H51N5O7S/c1-23(2)21-39(47(44,45)27-17-15-25(35)16-18-27)22-29(40)28(19-24-11-7-6-8-12-24)37-32(42)31(34(3,4)5)38-30(41)20-36-33(43)46-26-13-9-10-14-26/h6-8,11-12,15-18,23,26,28-29,31,40H,9-10,13-14,19-22,35H2,1-5H3,(H,36,43)(H,37,42)(H,38,41). The minimum absolute atomic E-state index is 0.0411. The predicted octanol–water partition coefficient (Wildman–Crippen LogP) is 3.20. The molecule has 0 aromatic heterocycles. The number of anilines is 1. The lowest BCUT2D eigenvalue weighted by molar-refractivity contribution is -0.132. The number of nitrogens with zero attached hydrogens (tertiary/aromatic N) is 1. The summed E-state index contributed by atoms with van der Waals surface area (Å²) >= 11 is 0. The average molecular weight is 674 g/mol. The van der Waals surface area contributed by atoms with Gasteiger partial charge in [0.25, 0.3) is 0 Å². The quantitative estimate of drug-likeness (QED) is 0.179. The summed E-state index contributed by atoms with van der Waals surface area (Å²) < 4.78 is 33.9. The Morgan fingerprint density at radius 2 is 1.60 bits per heavy atom. The van der Waals surface area contributed by atoms with Crippen molar-refractivity contribution in [2.45, 2.75) is 95.9 Å². The molecule has 12 nitrogen and oxygen atoms in total. The Balaban J connectivity index is 1.78. The summed E-state index contributed by atoms with van der Waals surface area (Å²) in [6, 6.07) is 13.1. The Hall–Kier alpha value is -3.68. The van der Waals surface area contributed by atoms with Crippen molar-refractivity contribution in [2.24, 2.45) is 11.3 Å². The van der Waals surface area contributed by atoms with Crippen molar-refractivity contribution in [3.05, 3.63) is 60.2 Å². The number of nitrogens with one attached hydrogen (secondary N) is 3. The fraction of sp³-hybridized carbons (Fsp3) is 0.559. The Morgan fingerprint density at radius 3 is 2.17 bits per heavy atom. The molecule has 0 spiro atoms. The van der Waals surface area contributed by atoms with Crippen LogP contribution in [-0.2, 0) is 30.8 Å². The van der Waals surface area contributed by atoms with E-state index in [1.165, 1.54) is 28.6 Å². The van der Waals surface area contributed by atoms with E-state index in [4.69, 9.17) is 10.5 Å². The molecule has 1 aliphatic rings. The van der Waals surface area contributed by atoms with Crippen LogP contribution in [0.2, 0.25) is 0 Å². The molecule has 2 aromatic rings. The maximum Gasteiger partial charge on any atom is 0.407 e. The number of nitrogens with two attached hydrogens (primary N) is 1. The van der Waals surface area contributed by atoms with E-state index in [1.54, 1.807) is 20.8 Å². The molecule has 0 aliphatic heterocycles. The summed E-state index contributed by atoms with van der Waals surface area (Å²) in [5, 5.41) is 19.7. The number of aliphatic hydroxyl groups excluding tert-OH is 1. The molecule has 47 heavy (non-hydrogen) atoms. The number of alkyl carbamates (subject to hydrolysis) is 1. The van der Waals surface area contributed by atoms with E-state index < -0.39 is 51.5 Å². The number of benzene rings is 2. The van der Waals surface area contributed by atoms with Crippen molar-refractivity contribution in [3.8, 4) is 0 Å². The number of hydrogen-bond acceptors (Lipinski definition) is 8. The molecular weight excluding hydrogens is 622 g/mol. The monoisotopic (exact) mass is 673 g/mol. The van der Waals surface area contributed by atoms with Gasteiger partial charge in [0.15, 0.2) is 0 Å². The molecule has 1 fully saturated rings. The number of carbonyl (C=O) groups excluding carboxylic acids is 3. The minimum atomic E-state index is -4.02. The number of ether oxygens (including phenoxy) is 1. The molecule has 3 unspecified atom stereocenters. The molecule has 0 bridgehead atoms. The van der Waals surface area contributed by atoms with Crippen LogP contribution in [-0.4, -0.2) is 79.7 Å². The maximum atomic E-state index is 13.8. The van der Waals surface area contributed by atoms with Crippen molar-refractivity contribution in [1.82, 2.24) is 20.3 Å². The fourth-order valence-electron chi connectivity index (χ4n) is 5.46. The van der Waals surface area contributed by atoms with E-state index >= 15 is 0 Å². The summed E-state index contributed by atoms with van der Waals surface area (Å²) in [5.41, 5.74) is 6.25. The van der Waals surface area contributed by atoms with Crippen LogP contribution in [0.1, 0.15) is 65.9 Å². The highest BCUT2D eigenvalue weighted by Crippen LogP contribution is 2.23. The van der Waals surface area contributed by atoms with Crippen LogP contribution in [0, 0.1) is 11.3 Å². The second-order valence-corrected chi connectivity index (χ2v) is 15.6. The molecule has 0 radical (unpaired) electrons. The third kappa shape index (κ3) is 11.8. The van der Waals surface area contributed by atoms with Crippen LogP contribution in [0.3, 0.4) is 0 Å². The second kappa shape index (κ2) is 16.9. The molecule has 13 heteroatoms. The van der Waals surface area contributed by atoms with Gasteiger partial charge in [-0.1, -0.05) is 65.0 Å². The third-order valence-electron chi connectivity index (χ3n) is 7.97. The first-order chi connectivity index (χ1) is 22.1. The van der Waals surface area contributed by atoms with E-state index in [0.717, 1.165) is 31.2 Å². The number of aliphatic hydroxyl groups is 1. The van der Waals surface area contributed by atoms with Gasteiger partial charge in [-0.3, -0.25) is 9.59 Å². The first kappa shape index (κ1) is 37.8. The second-order valence-electron chi connectivity index (χ2n) is 13.7. The van der Waals surface area contributed by atoms with E-state index in [-0.39, 0.29) is 43.0 Å². The van der Waals surface area contributed by atoms with E-state index in [2.05, 4.69) is 16.0 Å². The lowest BCUT2D eigenvalue weighted by Gasteiger charge is -2.34. The largest absolute Gasteiger partial charge is 0.446 e. The SMILES string of the molecule is CC(C)CN(CC(O)C(Cc1ccccc1)NC(=O)C(NC(=O)CNC(=O)OC1CCCC1)C(C)(C)C)S(=O)(=O)c1ccc(N)cc1. The smallest absolute Gasteiger partial charge is 0.407 e.